The van der Waals surface area contributed by atoms with Gasteiger partial charge in [0, 0.05) is 22.0 Å². The summed E-state index contributed by atoms with van der Waals surface area (Å²) < 4.78 is 18.7. The Labute approximate surface area is 225 Å². The second kappa shape index (κ2) is 10.5. The van der Waals surface area contributed by atoms with E-state index in [2.05, 4.69) is 21.8 Å². The van der Waals surface area contributed by atoms with Crippen LogP contribution in [0.15, 0.2) is 72.9 Å². The fraction of sp³-hybridized carbons (Fsp3) is 0.172. The van der Waals surface area contributed by atoms with Crippen LogP contribution in [0.3, 0.4) is 0 Å². The molecule has 1 amide bonds. The van der Waals surface area contributed by atoms with Crippen LogP contribution >= 0.6 is 11.6 Å². The second-order valence-corrected chi connectivity index (χ2v) is 9.19. The molecule has 0 fully saturated rings. The lowest BCUT2D eigenvalue weighted by Crippen LogP contribution is -2.22. The highest BCUT2D eigenvalue weighted by Gasteiger charge is 2.31. The number of rotatable bonds is 7. The molecule has 2 heterocycles. The molecule has 194 valence electrons. The van der Waals surface area contributed by atoms with Crippen molar-refractivity contribution in [3.8, 4) is 17.2 Å². The zero-order valence-corrected chi connectivity index (χ0v) is 22.2. The molecular formula is C29H27ClN4O4. The molecule has 0 unspecified atom stereocenters. The Morgan fingerprint density at radius 1 is 0.947 bits per heavy atom. The molecular weight excluding hydrogens is 504 g/mol. The van der Waals surface area contributed by atoms with Crippen LogP contribution in [-0.4, -0.2) is 37.0 Å². The predicted molar refractivity (Wildman–Crippen MR) is 149 cm³/mol. The number of nitrogens with one attached hydrogen (secondary N) is 2. The molecule has 1 aromatic heterocycles. The molecule has 1 aliphatic rings. The summed E-state index contributed by atoms with van der Waals surface area (Å²) in [6.07, 6.45) is 3.61. The third-order valence-electron chi connectivity index (χ3n) is 6.40. The molecule has 0 aliphatic carbocycles. The molecule has 3 aromatic carbocycles. The zero-order chi connectivity index (χ0) is 26.8. The average Bonchev–Trinajstić information content (AvgIpc) is 3.37. The molecule has 0 saturated heterocycles. The van der Waals surface area contributed by atoms with Gasteiger partial charge in [-0.25, -0.2) is 4.68 Å². The number of fused-ring (bicyclic) bond motifs is 1. The number of ether oxygens (including phenoxy) is 3. The topological polar surface area (TPSA) is 86.6 Å². The minimum Gasteiger partial charge on any atom is -0.493 e. The van der Waals surface area contributed by atoms with Gasteiger partial charge in [-0.2, -0.15) is 5.10 Å². The largest absolute Gasteiger partial charge is 0.493 e. The minimum atomic E-state index is -0.408. The van der Waals surface area contributed by atoms with E-state index in [-0.39, 0.29) is 5.91 Å². The van der Waals surface area contributed by atoms with Crippen LogP contribution in [0.2, 0.25) is 5.02 Å². The van der Waals surface area contributed by atoms with Crippen molar-refractivity contribution in [1.82, 2.24) is 9.78 Å². The number of nitrogens with zero attached hydrogens (tertiary/aromatic N) is 2. The fourth-order valence-electron chi connectivity index (χ4n) is 4.47. The van der Waals surface area contributed by atoms with Gasteiger partial charge < -0.3 is 24.8 Å². The average molecular weight is 531 g/mol. The molecule has 2 N–H and O–H groups in total. The number of methoxy groups -OCH3 is 3. The van der Waals surface area contributed by atoms with Crippen molar-refractivity contribution in [2.45, 2.75) is 13.0 Å². The first-order valence-electron chi connectivity index (χ1n) is 11.9. The number of carbonyl (C=O) groups excluding carboxylic acids is 1. The number of benzene rings is 3. The van der Waals surface area contributed by atoms with Gasteiger partial charge in [-0.1, -0.05) is 41.4 Å². The first kappa shape index (κ1) is 25.2. The van der Waals surface area contributed by atoms with Gasteiger partial charge in [0.1, 0.15) is 17.4 Å². The summed E-state index contributed by atoms with van der Waals surface area (Å²) >= 11 is 6.00. The minimum absolute atomic E-state index is 0.302. The normalized spacial score (nSPS) is 14.1. The number of aryl methyl sites for hydroxylation is 1. The van der Waals surface area contributed by atoms with Gasteiger partial charge >= 0.3 is 0 Å². The summed E-state index contributed by atoms with van der Waals surface area (Å²) in [5.74, 6) is 1.80. The van der Waals surface area contributed by atoms with Crippen molar-refractivity contribution in [3.63, 3.8) is 0 Å². The monoisotopic (exact) mass is 530 g/mol. The SMILES string of the molecule is COc1ccc([C@@H]2C=C(c3ccc(C)cc3)Nc3c(C(=O)Nc4ccc(Cl)cc4)cnn32)c(OC)c1OC. The number of carbonyl (C=O) groups is 1. The van der Waals surface area contributed by atoms with Gasteiger partial charge in [0.15, 0.2) is 11.5 Å². The number of allylic oxidation sites excluding steroid dienone is 1. The van der Waals surface area contributed by atoms with E-state index in [1.54, 1.807) is 56.5 Å². The maximum absolute atomic E-state index is 13.4. The Morgan fingerprint density at radius 2 is 1.66 bits per heavy atom. The van der Waals surface area contributed by atoms with Crippen molar-refractivity contribution in [2.24, 2.45) is 0 Å². The molecule has 0 bridgehead atoms. The Balaban J connectivity index is 1.62. The van der Waals surface area contributed by atoms with Crippen LogP contribution in [-0.2, 0) is 0 Å². The molecule has 8 nitrogen and oxygen atoms in total. The summed E-state index contributed by atoms with van der Waals surface area (Å²) in [5, 5.41) is 11.5. The molecule has 0 spiro atoms. The van der Waals surface area contributed by atoms with Crippen LogP contribution in [0.25, 0.3) is 5.70 Å². The van der Waals surface area contributed by atoms with Gasteiger partial charge in [-0.3, -0.25) is 4.79 Å². The van der Waals surface area contributed by atoms with E-state index < -0.39 is 6.04 Å². The number of hydrogen-bond acceptors (Lipinski definition) is 6. The van der Waals surface area contributed by atoms with Crippen molar-refractivity contribution >= 4 is 34.7 Å². The smallest absolute Gasteiger partial charge is 0.261 e. The van der Waals surface area contributed by atoms with Crippen LogP contribution in [0.5, 0.6) is 17.2 Å². The van der Waals surface area contributed by atoms with Gasteiger partial charge in [0.2, 0.25) is 5.75 Å². The van der Waals surface area contributed by atoms with E-state index >= 15 is 0 Å². The first-order chi connectivity index (χ1) is 18.4. The number of hydrogen-bond donors (Lipinski definition) is 2. The van der Waals surface area contributed by atoms with Crippen molar-refractivity contribution in [1.29, 1.82) is 0 Å². The van der Waals surface area contributed by atoms with E-state index in [0.717, 1.165) is 22.4 Å². The zero-order valence-electron chi connectivity index (χ0n) is 21.4. The summed E-state index contributed by atoms with van der Waals surface area (Å²) in [6, 6.07) is 18.4. The molecule has 38 heavy (non-hydrogen) atoms. The summed E-state index contributed by atoms with van der Waals surface area (Å²) in [5.41, 5.74) is 4.77. The van der Waals surface area contributed by atoms with Crippen molar-refractivity contribution < 1.29 is 19.0 Å². The molecule has 0 radical (unpaired) electrons. The lowest BCUT2D eigenvalue weighted by atomic mass is 9.99. The van der Waals surface area contributed by atoms with E-state index in [1.165, 1.54) is 0 Å². The van der Waals surface area contributed by atoms with Crippen molar-refractivity contribution in [2.75, 3.05) is 32.0 Å². The first-order valence-corrected chi connectivity index (χ1v) is 12.3. The maximum Gasteiger partial charge on any atom is 0.261 e. The van der Waals surface area contributed by atoms with Crippen LogP contribution in [0.4, 0.5) is 11.5 Å². The summed E-state index contributed by atoms with van der Waals surface area (Å²) in [7, 11) is 4.73. The van der Waals surface area contributed by atoms with Crippen LogP contribution < -0.4 is 24.8 Å². The quantitative estimate of drug-likeness (QED) is 0.297. The van der Waals surface area contributed by atoms with Gasteiger partial charge in [0.05, 0.1) is 27.5 Å². The highest BCUT2D eigenvalue weighted by atomic mass is 35.5. The molecule has 5 rings (SSSR count). The Morgan fingerprint density at radius 3 is 2.32 bits per heavy atom. The second-order valence-electron chi connectivity index (χ2n) is 8.75. The molecule has 9 heteroatoms. The lowest BCUT2D eigenvalue weighted by molar-refractivity contribution is 0.102. The molecule has 0 saturated carbocycles. The molecule has 4 aromatic rings. The summed E-state index contributed by atoms with van der Waals surface area (Å²) in [4.78, 5) is 13.4. The number of anilines is 2. The number of halogens is 1. The number of aromatic nitrogens is 2. The van der Waals surface area contributed by atoms with Gasteiger partial charge in [0.25, 0.3) is 5.91 Å². The highest BCUT2D eigenvalue weighted by molar-refractivity contribution is 6.30. The highest BCUT2D eigenvalue weighted by Crippen LogP contribution is 2.45. The third kappa shape index (κ3) is 4.66. The lowest BCUT2D eigenvalue weighted by Gasteiger charge is -2.28. The van der Waals surface area contributed by atoms with Crippen molar-refractivity contribution in [3.05, 3.63) is 100 Å². The van der Waals surface area contributed by atoms with E-state index in [4.69, 9.17) is 25.8 Å². The molecule has 1 atom stereocenters. The summed E-state index contributed by atoms with van der Waals surface area (Å²) in [6.45, 7) is 2.04. The predicted octanol–water partition coefficient (Wildman–Crippen LogP) is 6.18. The molecule has 1 aliphatic heterocycles. The van der Waals surface area contributed by atoms with E-state index in [9.17, 15) is 4.79 Å². The Bertz CT molecular complexity index is 1510. The van der Waals surface area contributed by atoms with Gasteiger partial charge in [-0.15, -0.1) is 0 Å². The third-order valence-corrected chi connectivity index (χ3v) is 6.65. The number of amides is 1. The van der Waals surface area contributed by atoms with E-state index in [0.29, 0.717) is 39.3 Å². The fourth-order valence-corrected chi connectivity index (χ4v) is 4.60. The Kier molecular flexibility index (Phi) is 6.98. The standard InChI is InChI=1S/C29H27ClN4O4/c1-17-5-7-18(8-6-17)23-15-24(21-13-14-25(36-2)27(38-4)26(21)37-3)34-28(33-23)22(16-31-34)29(35)32-20-11-9-19(30)10-12-20/h5-16,24,33H,1-4H3,(H,32,35)/t24-/m0/s1. The van der Waals surface area contributed by atoms with E-state index in [1.807, 2.05) is 43.3 Å². The van der Waals surface area contributed by atoms with Crippen LogP contribution in [0.1, 0.15) is 33.1 Å². The van der Waals surface area contributed by atoms with Gasteiger partial charge in [-0.05, 0) is 55.0 Å². The Hall–Kier alpha value is -4.43. The maximum atomic E-state index is 13.4. The van der Waals surface area contributed by atoms with Crippen LogP contribution in [0, 0.1) is 6.92 Å².